The lowest BCUT2D eigenvalue weighted by atomic mass is 10.1. The average Bonchev–Trinajstić information content (AvgIpc) is 3.25. The number of amides is 1. The molecule has 3 rings (SSSR count). The van der Waals surface area contributed by atoms with E-state index in [0.717, 1.165) is 24.3 Å². The fraction of sp³-hybridized carbons (Fsp3) is 0.438. The zero-order valence-electron chi connectivity index (χ0n) is 12.9. The van der Waals surface area contributed by atoms with E-state index in [1.165, 1.54) is 28.4 Å². The van der Waals surface area contributed by atoms with Gasteiger partial charge in [0.1, 0.15) is 5.01 Å². The van der Waals surface area contributed by atoms with Gasteiger partial charge in [0.15, 0.2) is 0 Å². The number of nitrogens with zero attached hydrogens (tertiary/aromatic N) is 2. The molecule has 0 saturated carbocycles. The Bertz CT molecular complexity index is 651. The molecular weight excluding hydrogens is 346 g/mol. The smallest absolute Gasteiger partial charge is 0.257 e. The molecule has 1 amide bonds. The Labute approximate surface area is 148 Å². The molecule has 1 saturated heterocycles. The molecule has 4 nitrogen and oxygen atoms in total. The summed E-state index contributed by atoms with van der Waals surface area (Å²) in [7, 11) is 0. The van der Waals surface area contributed by atoms with Gasteiger partial charge in [-0.2, -0.15) is 0 Å². The average molecular weight is 366 g/mol. The Morgan fingerprint density at radius 1 is 1.22 bits per heavy atom. The van der Waals surface area contributed by atoms with Gasteiger partial charge in [0.25, 0.3) is 5.91 Å². The van der Waals surface area contributed by atoms with Crippen LogP contribution < -0.4 is 5.32 Å². The molecule has 0 spiro atoms. The predicted molar refractivity (Wildman–Crippen MR) is 101 cm³/mol. The van der Waals surface area contributed by atoms with Crippen LogP contribution in [0.5, 0.6) is 0 Å². The van der Waals surface area contributed by atoms with Crippen molar-refractivity contribution in [1.82, 2.24) is 10.2 Å². The molecule has 1 N–H and O–H groups in total. The third-order valence-electron chi connectivity index (χ3n) is 3.50. The first-order chi connectivity index (χ1) is 11.3. The van der Waals surface area contributed by atoms with Gasteiger partial charge in [-0.3, -0.25) is 10.1 Å². The molecule has 2 heterocycles. The van der Waals surface area contributed by atoms with Crippen LogP contribution in [0.3, 0.4) is 0 Å². The molecule has 122 valence electrons. The summed E-state index contributed by atoms with van der Waals surface area (Å²) in [6.45, 7) is 2.15. The summed E-state index contributed by atoms with van der Waals surface area (Å²) in [5.74, 6) is 2.28. The molecule has 0 unspecified atom stereocenters. The van der Waals surface area contributed by atoms with Gasteiger partial charge in [-0.15, -0.1) is 33.7 Å². The van der Waals surface area contributed by atoms with E-state index in [1.54, 1.807) is 0 Å². The van der Waals surface area contributed by atoms with Gasteiger partial charge in [0.05, 0.1) is 4.58 Å². The van der Waals surface area contributed by atoms with Crippen LogP contribution in [0, 0.1) is 0 Å². The molecule has 0 atom stereocenters. The van der Waals surface area contributed by atoms with E-state index in [9.17, 15) is 4.79 Å². The van der Waals surface area contributed by atoms with Gasteiger partial charge in [0, 0.05) is 23.5 Å². The van der Waals surface area contributed by atoms with Crippen molar-refractivity contribution in [2.24, 2.45) is 0 Å². The van der Waals surface area contributed by atoms with E-state index in [0.29, 0.717) is 15.3 Å². The molecule has 0 aliphatic carbocycles. The normalized spacial score (nSPS) is 15.0. The molecule has 0 bridgehead atoms. The van der Waals surface area contributed by atoms with Crippen LogP contribution >= 0.6 is 34.9 Å². The molecule has 7 heteroatoms. The van der Waals surface area contributed by atoms with E-state index in [1.807, 2.05) is 35.7 Å². The van der Waals surface area contributed by atoms with Gasteiger partial charge >= 0.3 is 0 Å². The van der Waals surface area contributed by atoms with Crippen molar-refractivity contribution in [3.8, 4) is 0 Å². The van der Waals surface area contributed by atoms with E-state index in [-0.39, 0.29) is 5.91 Å². The Morgan fingerprint density at radius 3 is 2.65 bits per heavy atom. The van der Waals surface area contributed by atoms with Crippen molar-refractivity contribution < 1.29 is 4.79 Å². The fourth-order valence-electron chi connectivity index (χ4n) is 2.24. The summed E-state index contributed by atoms with van der Waals surface area (Å²) >= 11 is 5.39. The highest BCUT2D eigenvalue weighted by Crippen LogP contribution is 2.45. The minimum Gasteiger partial charge on any atom is -0.296 e. The summed E-state index contributed by atoms with van der Waals surface area (Å²) in [5, 5.41) is 12.6. The lowest BCUT2D eigenvalue weighted by Gasteiger charge is -2.08. The van der Waals surface area contributed by atoms with E-state index in [2.05, 4.69) is 34.6 Å². The summed E-state index contributed by atoms with van der Waals surface area (Å²) in [5.41, 5.74) is 1.94. The topological polar surface area (TPSA) is 54.9 Å². The highest BCUT2D eigenvalue weighted by Gasteiger charge is 2.18. The van der Waals surface area contributed by atoms with Crippen LogP contribution in [-0.2, 0) is 6.42 Å². The molecule has 1 fully saturated rings. The van der Waals surface area contributed by atoms with E-state index < -0.39 is 0 Å². The minimum atomic E-state index is -0.124. The monoisotopic (exact) mass is 365 g/mol. The maximum absolute atomic E-state index is 12.3. The standard InChI is InChI=1S/C16H19N3OS3/c1-2-3-4-13-18-19-16(23-13)17-14(20)11-5-7-12(8-6-11)15-21-9-10-22-15/h5-8,15H,2-4,9-10H2,1H3,(H,17,19,20). The largest absolute Gasteiger partial charge is 0.296 e. The number of rotatable bonds is 6. The molecule has 2 aromatic rings. The second-order valence-electron chi connectivity index (χ2n) is 5.25. The van der Waals surface area contributed by atoms with Gasteiger partial charge in [-0.1, -0.05) is 36.8 Å². The number of carbonyl (C=O) groups is 1. The zero-order valence-corrected chi connectivity index (χ0v) is 15.4. The summed E-state index contributed by atoms with van der Waals surface area (Å²) in [6, 6.07) is 7.89. The summed E-state index contributed by atoms with van der Waals surface area (Å²) in [4.78, 5) is 12.3. The Balaban J connectivity index is 1.60. The second-order valence-corrected chi connectivity index (χ2v) is 9.04. The molecular formula is C16H19N3OS3. The molecule has 23 heavy (non-hydrogen) atoms. The van der Waals surface area contributed by atoms with Crippen molar-refractivity contribution in [3.05, 3.63) is 40.4 Å². The highest BCUT2D eigenvalue weighted by atomic mass is 32.2. The first kappa shape index (κ1) is 16.8. The van der Waals surface area contributed by atoms with E-state index >= 15 is 0 Å². The number of aromatic nitrogens is 2. The predicted octanol–water partition coefficient (Wildman–Crippen LogP) is 4.61. The SMILES string of the molecule is CCCCc1nnc(NC(=O)c2ccc(C3SCCS3)cc2)s1. The molecule has 1 aromatic heterocycles. The minimum absolute atomic E-state index is 0.124. The quantitative estimate of drug-likeness (QED) is 0.810. The van der Waals surface area contributed by atoms with Gasteiger partial charge < -0.3 is 0 Å². The first-order valence-electron chi connectivity index (χ1n) is 7.73. The lowest BCUT2D eigenvalue weighted by Crippen LogP contribution is -2.11. The number of thioether (sulfide) groups is 2. The van der Waals surface area contributed by atoms with Gasteiger partial charge in [0.2, 0.25) is 5.13 Å². The van der Waals surface area contributed by atoms with Crippen molar-refractivity contribution in [2.45, 2.75) is 30.8 Å². The number of benzene rings is 1. The lowest BCUT2D eigenvalue weighted by molar-refractivity contribution is 0.102. The fourth-order valence-corrected chi connectivity index (χ4v) is 5.88. The zero-order chi connectivity index (χ0) is 16.1. The Morgan fingerprint density at radius 2 is 1.96 bits per heavy atom. The van der Waals surface area contributed by atoms with Crippen LogP contribution in [-0.4, -0.2) is 27.6 Å². The maximum atomic E-state index is 12.3. The number of nitrogens with one attached hydrogen (secondary N) is 1. The van der Waals surface area contributed by atoms with Crippen LogP contribution in [0.15, 0.2) is 24.3 Å². The summed E-state index contributed by atoms with van der Waals surface area (Å²) < 4.78 is 0.511. The van der Waals surface area contributed by atoms with E-state index in [4.69, 9.17) is 0 Å². The third-order valence-corrected chi connectivity index (χ3v) is 7.50. The van der Waals surface area contributed by atoms with Crippen LogP contribution in [0.2, 0.25) is 0 Å². The number of hydrogen-bond donors (Lipinski definition) is 1. The second kappa shape index (κ2) is 8.17. The van der Waals surface area contributed by atoms with Crippen molar-refractivity contribution in [1.29, 1.82) is 0 Å². The number of carbonyl (C=O) groups excluding carboxylic acids is 1. The third kappa shape index (κ3) is 4.49. The van der Waals surface area contributed by atoms with Crippen molar-refractivity contribution in [2.75, 3.05) is 16.8 Å². The van der Waals surface area contributed by atoms with Crippen LogP contribution in [0.4, 0.5) is 5.13 Å². The Hall–Kier alpha value is -1.05. The van der Waals surface area contributed by atoms with Crippen LogP contribution in [0.1, 0.15) is 45.3 Å². The molecule has 0 radical (unpaired) electrons. The van der Waals surface area contributed by atoms with Crippen molar-refractivity contribution >= 4 is 45.9 Å². The van der Waals surface area contributed by atoms with Crippen molar-refractivity contribution in [3.63, 3.8) is 0 Å². The van der Waals surface area contributed by atoms with Gasteiger partial charge in [-0.25, -0.2) is 0 Å². The van der Waals surface area contributed by atoms with Crippen LogP contribution in [0.25, 0.3) is 0 Å². The number of anilines is 1. The maximum Gasteiger partial charge on any atom is 0.257 e. The molecule has 1 aliphatic rings. The van der Waals surface area contributed by atoms with Gasteiger partial charge in [-0.05, 0) is 24.1 Å². The Kier molecular flexibility index (Phi) is 5.96. The summed E-state index contributed by atoms with van der Waals surface area (Å²) in [6.07, 6.45) is 3.15. The highest BCUT2D eigenvalue weighted by molar-refractivity contribution is 8.19. The first-order valence-corrected chi connectivity index (χ1v) is 10.6. The number of hydrogen-bond acceptors (Lipinski definition) is 6. The number of unbranched alkanes of at least 4 members (excludes halogenated alkanes) is 1. The molecule has 1 aromatic carbocycles. The number of aryl methyl sites for hydroxylation is 1. The molecule has 1 aliphatic heterocycles.